The lowest BCUT2D eigenvalue weighted by Crippen LogP contribution is -2.39. The summed E-state index contributed by atoms with van der Waals surface area (Å²) in [6.07, 6.45) is 2.02. The third-order valence-electron chi connectivity index (χ3n) is 3.33. The first-order chi connectivity index (χ1) is 8.99. The largest absolute Gasteiger partial charge is 0.338 e. The second kappa shape index (κ2) is 5.57. The molecule has 1 unspecified atom stereocenters. The summed E-state index contributed by atoms with van der Waals surface area (Å²) in [5.74, 6) is 0.122. The van der Waals surface area contributed by atoms with Crippen molar-refractivity contribution >= 4 is 23.2 Å². The summed E-state index contributed by atoms with van der Waals surface area (Å²) in [5.41, 5.74) is -0.112. The van der Waals surface area contributed by atoms with Gasteiger partial charge in [0.15, 0.2) is 0 Å². The van der Waals surface area contributed by atoms with Crippen molar-refractivity contribution in [3.63, 3.8) is 0 Å². The molecule has 1 saturated heterocycles. The quantitative estimate of drug-likeness (QED) is 0.618. The number of nitro groups is 1. The van der Waals surface area contributed by atoms with Crippen LogP contribution in [0.5, 0.6) is 0 Å². The van der Waals surface area contributed by atoms with E-state index in [1.165, 1.54) is 18.2 Å². The Balaban J connectivity index is 2.32. The molecule has 1 aliphatic rings. The average molecular weight is 283 g/mol. The molecule has 0 aromatic heterocycles. The monoisotopic (exact) mass is 282 g/mol. The molecule has 19 heavy (non-hydrogen) atoms. The number of hydrogen-bond acceptors (Lipinski definition) is 3. The van der Waals surface area contributed by atoms with Crippen molar-refractivity contribution < 1.29 is 9.72 Å². The molecule has 102 valence electrons. The molecule has 0 radical (unpaired) electrons. The van der Waals surface area contributed by atoms with Gasteiger partial charge >= 0.3 is 0 Å². The van der Waals surface area contributed by atoms with Crippen molar-refractivity contribution in [1.29, 1.82) is 0 Å². The van der Waals surface area contributed by atoms with E-state index in [1.54, 1.807) is 4.90 Å². The van der Waals surface area contributed by atoms with E-state index in [0.29, 0.717) is 24.0 Å². The molecule has 1 heterocycles. The molecule has 5 nitrogen and oxygen atoms in total. The molecule has 0 aliphatic carbocycles. The van der Waals surface area contributed by atoms with Crippen molar-refractivity contribution in [2.24, 2.45) is 5.92 Å². The van der Waals surface area contributed by atoms with Gasteiger partial charge in [0, 0.05) is 24.2 Å². The minimum atomic E-state index is -0.545. The molecule has 1 aromatic rings. The van der Waals surface area contributed by atoms with E-state index in [2.05, 4.69) is 6.92 Å². The third-order valence-corrected chi connectivity index (χ3v) is 3.57. The number of rotatable bonds is 2. The van der Waals surface area contributed by atoms with Gasteiger partial charge in [-0.3, -0.25) is 14.9 Å². The van der Waals surface area contributed by atoms with Gasteiger partial charge in [-0.1, -0.05) is 18.5 Å². The van der Waals surface area contributed by atoms with Gasteiger partial charge in [-0.2, -0.15) is 0 Å². The molecule has 0 bridgehead atoms. The number of nitro benzene ring substituents is 1. The number of benzene rings is 1. The lowest BCUT2D eigenvalue weighted by molar-refractivity contribution is -0.385. The van der Waals surface area contributed by atoms with Gasteiger partial charge in [-0.25, -0.2) is 0 Å². The number of nitrogens with zero attached hydrogens (tertiary/aromatic N) is 2. The topological polar surface area (TPSA) is 63.5 Å². The lowest BCUT2D eigenvalue weighted by Gasteiger charge is -2.30. The number of likely N-dealkylation sites (tertiary alicyclic amines) is 1. The zero-order valence-corrected chi connectivity index (χ0v) is 11.4. The molecule has 2 rings (SSSR count). The van der Waals surface area contributed by atoms with Crippen LogP contribution in [0.25, 0.3) is 0 Å². The van der Waals surface area contributed by atoms with Gasteiger partial charge in [0.05, 0.1) is 4.92 Å². The zero-order valence-electron chi connectivity index (χ0n) is 10.6. The summed E-state index contributed by atoms with van der Waals surface area (Å²) in [5, 5.41) is 11.3. The summed E-state index contributed by atoms with van der Waals surface area (Å²) in [4.78, 5) is 24.5. The molecule has 1 fully saturated rings. The fourth-order valence-corrected chi connectivity index (χ4v) is 2.56. The fraction of sp³-hybridized carbons (Fsp3) is 0.462. The zero-order chi connectivity index (χ0) is 14.0. The van der Waals surface area contributed by atoms with Crippen LogP contribution in [0.1, 0.15) is 30.1 Å². The highest BCUT2D eigenvalue weighted by molar-refractivity contribution is 6.31. The van der Waals surface area contributed by atoms with Crippen molar-refractivity contribution in [2.75, 3.05) is 13.1 Å². The van der Waals surface area contributed by atoms with Gasteiger partial charge in [-0.05, 0) is 30.9 Å². The van der Waals surface area contributed by atoms with Gasteiger partial charge in [-0.15, -0.1) is 0 Å². The summed E-state index contributed by atoms with van der Waals surface area (Å²) in [7, 11) is 0. The van der Waals surface area contributed by atoms with E-state index < -0.39 is 4.92 Å². The predicted molar refractivity (Wildman–Crippen MR) is 72.4 cm³/mol. The van der Waals surface area contributed by atoms with Crippen LogP contribution in [-0.2, 0) is 0 Å². The van der Waals surface area contributed by atoms with Crippen molar-refractivity contribution in [3.8, 4) is 0 Å². The maximum absolute atomic E-state index is 12.4. The van der Waals surface area contributed by atoms with Gasteiger partial charge in [0.1, 0.15) is 5.56 Å². The van der Waals surface area contributed by atoms with Crippen LogP contribution in [0.4, 0.5) is 5.69 Å². The highest BCUT2D eigenvalue weighted by Crippen LogP contribution is 2.26. The normalized spacial score (nSPS) is 19.3. The predicted octanol–water partition coefficient (Wildman–Crippen LogP) is 3.12. The first kappa shape index (κ1) is 13.8. The molecule has 1 atom stereocenters. The van der Waals surface area contributed by atoms with E-state index in [0.717, 1.165) is 12.8 Å². The second-order valence-electron chi connectivity index (χ2n) is 4.92. The van der Waals surface area contributed by atoms with Crippen molar-refractivity contribution in [1.82, 2.24) is 4.90 Å². The maximum Gasteiger partial charge on any atom is 0.282 e. The van der Waals surface area contributed by atoms with Crippen molar-refractivity contribution in [3.05, 3.63) is 38.9 Å². The smallest absolute Gasteiger partial charge is 0.282 e. The van der Waals surface area contributed by atoms with Crippen LogP contribution < -0.4 is 0 Å². The van der Waals surface area contributed by atoms with Gasteiger partial charge in [0.2, 0.25) is 0 Å². The molecule has 1 amide bonds. The molecular weight excluding hydrogens is 268 g/mol. The summed E-state index contributed by atoms with van der Waals surface area (Å²) in [6.45, 7) is 3.36. The van der Waals surface area contributed by atoms with Crippen molar-refractivity contribution in [2.45, 2.75) is 19.8 Å². The maximum atomic E-state index is 12.4. The number of hydrogen-bond donors (Lipinski definition) is 0. The molecule has 0 spiro atoms. The molecule has 0 N–H and O–H groups in total. The van der Waals surface area contributed by atoms with Crippen LogP contribution >= 0.6 is 11.6 Å². The Labute approximate surface area is 116 Å². The first-order valence-corrected chi connectivity index (χ1v) is 6.60. The minimum Gasteiger partial charge on any atom is -0.338 e. The Morgan fingerprint density at radius 2 is 2.26 bits per heavy atom. The molecule has 1 aromatic carbocycles. The summed E-state index contributed by atoms with van der Waals surface area (Å²) >= 11 is 5.84. The molecule has 6 heteroatoms. The van der Waals surface area contributed by atoms with Gasteiger partial charge in [0.25, 0.3) is 11.6 Å². The van der Waals surface area contributed by atoms with E-state index in [1.807, 2.05) is 0 Å². The Kier molecular flexibility index (Phi) is 4.04. The Morgan fingerprint density at radius 3 is 2.89 bits per heavy atom. The van der Waals surface area contributed by atoms with Crippen LogP contribution in [0, 0.1) is 16.0 Å². The van der Waals surface area contributed by atoms with Gasteiger partial charge < -0.3 is 4.90 Å². The standard InChI is InChI=1S/C13H15ClN2O3/c1-9-3-2-6-15(8-9)13(17)11-7-10(14)4-5-12(11)16(18)19/h4-5,7,9H,2-3,6,8H2,1H3. The minimum absolute atomic E-state index is 0.0756. The van der Waals surface area contributed by atoms with E-state index >= 15 is 0 Å². The number of amides is 1. The van der Waals surface area contributed by atoms with E-state index in [-0.39, 0.29) is 17.2 Å². The third kappa shape index (κ3) is 3.04. The number of carbonyl (C=O) groups is 1. The second-order valence-corrected chi connectivity index (χ2v) is 5.35. The summed E-state index contributed by atoms with van der Waals surface area (Å²) in [6, 6.07) is 4.08. The SMILES string of the molecule is CC1CCCN(C(=O)c2cc(Cl)ccc2[N+](=O)[O-])C1. The summed E-state index contributed by atoms with van der Waals surface area (Å²) < 4.78 is 0. The highest BCUT2D eigenvalue weighted by Gasteiger charge is 2.27. The van der Waals surface area contributed by atoms with Crippen LogP contribution in [0.2, 0.25) is 5.02 Å². The molecule has 0 saturated carbocycles. The Bertz CT molecular complexity index is 519. The Hall–Kier alpha value is -1.62. The lowest BCUT2D eigenvalue weighted by atomic mass is 9.99. The first-order valence-electron chi connectivity index (χ1n) is 6.22. The highest BCUT2D eigenvalue weighted by atomic mass is 35.5. The molecular formula is C13H15ClN2O3. The Morgan fingerprint density at radius 1 is 1.53 bits per heavy atom. The van der Waals surface area contributed by atoms with Crippen LogP contribution in [0.15, 0.2) is 18.2 Å². The fourth-order valence-electron chi connectivity index (χ4n) is 2.38. The van der Waals surface area contributed by atoms with E-state index in [9.17, 15) is 14.9 Å². The van der Waals surface area contributed by atoms with E-state index in [4.69, 9.17) is 11.6 Å². The van der Waals surface area contributed by atoms with Crippen LogP contribution in [0.3, 0.4) is 0 Å². The molecule has 1 aliphatic heterocycles. The average Bonchev–Trinajstić information content (AvgIpc) is 2.37. The number of carbonyl (C=O) groups excluding carboxylic acids is 1. The van der Waals surface area contributed by atoms with Crippen LogP contribution in [-0.4, -0.2) is 28.8 Å². The number of piperidine rings is 1. The number of halogens is 1.